The highest BCUT2D eigenvalue weighted by atomic mass is 35.5. The van der Waals surface area contributed by atoms with E-state index in [1.165, 1.54) is 12.1 Å². The van der Waals surface area contributed by atoms with Crippen LogP contribution in [0.1, 0.15) is 10.4 Å². The zero-order valence-corrected chi connectivity index (χ0v) is 16.2. The Labute approximate surface area is 176 Å². The van der Waals surface area contributed by atoms with E-state index in [2.05, 4.69) is 5.32 Å². The number of hydrogen-bond donors (Lipinski definition) is 1. The van der Waals surface area contributed by atoms with Gasteiger partial charge in [-0.3, -0.25) is 14.9 Å². The Hall–Kier alpha value is -3.78. The number of hydrogen-bond acceptors (Lipinski definition) is 6. The number of amides is 1. The highest BCUT2D eigenvalue weighted by Gasteiger charge is 2.26. The summed E-state index contributed by atoms with van der Waals surface area (Å²) in [5, 5.41) is 14.5. The van der Waals surface area contributed by atoms with Crippen molar-refractivity contribution in [3.8, 4) is 23.0 Å². The second-order valence-corrected chi connectivity index (χ2v) is 6.69. The molecule has 0 radical (unpaired) electrons. The average molecular weight is 427 g/mol. The molecular formula is C21H15ClN2O6. The first kappa shape index (κ1) is 19.5. The fourth-order valence-electron chi connectivity index (χ4n) is 2.87. The summed E-state index contributed by atoms with van der Waals surface area (Å²) >= 11 is 6.08. The molecule has 9 heteroatoms. The van der Waals surface area contributed by atoms with Crippen LogP contribution in [0, 0.1) is 10.1 Å². The zero-order valence-electron chi connectivity index (χ0n) is 15.5. The molecule has 0 aromatic heterocycles. The van der Waals surface area contributed by atoms with Crippen LogP contribution in [0.15, 0.2) is 60.7 Å². The van der Waals surface area contributed by atoms with E-state index < -0.39 is 10.8 Å². The van der Waals surface area contributed by atoms with Gasteiger partial charge in [-0.15, -0.1) is 0 Å². The van der Waals surface area contributed by atoms with Gasteiger partial charge < -0.3 is 19.5 Å². The first-order valence-electron chi connectivity index (χ1n) is 8.93. The van der Waals surface area contributed by atoms with Gasteiger partial charge in [-0.05, 0) is 36.4 Å². The molecule has 0 aliphatic carbocycles. The second kappa shape index (κ2) is 8.30. The summed E-state index contributed by atoms with van der Waals surface area (Å²) in [6.45, 7) is 0.594. The Kier molecular flexibility index (Phi) is 5.40. The van der Waals surface area contributed by atoms with E-state index in [9.17, 15) is 14.9 Å². The predicted octanol–water partition coefficient (Wildman–Crippen LogP) is 5.06. The van der Waals surface area contributed by atoms with Crippen LogP contribution in [0.25, 0.3) is 0 Å². The van der Waals surface area contributed by atoms with E-state index >= 15 is 0 Å². The third kappa shape index (κ3) is 4.13. The molecule has 1 amide bonds. The van der Waals surface area contributed by atoms with Gasteiger partial charge in [-0.25, -0.2) is 0 Å². The van der Waals surface area contributed by atoms with Crippen molar-refractivity contribution in [2.45, 2.75) is 0 Å². The van der Waals surface area contributed by atoms with Crippen LogP contribution in [-0.4, -0.2) is 24.0 Å². The number of nitro benzene ring substituents is 1. The number of benzene rings is 3. The fraction of sp³-hybridized carbons (Fsp3) is 0.0952. The molecule has 0 saturated carbocycles. The molecule has 4 rings (SSSR count). The number of fused-ring (bicyclic) bond motifs is 1. The molecule has 0 atom stereocenters. The van der Waals surface area contributed by atoms with E-state index in [1.54, 1.807) is 48.5 Å². The molecule has 0 fully saturated rings. The molecule has 0 bridgehead atoms. The maximum absolute atomic E-state index is 12.7. The normalized spacial score (nSPS) is 12.2. The molecule has 0 unspecified atom stereocenters. The third-order valence-electron chi connectivity index (χ3n) is 4.28. The van der Waals surface area contributed by atoms with Crippen molar-refractivity contribution < 1.29 is 23.9 Å². The lowest BCUT2D eigenvalue weighted by molar-refractivity contribution is -0.385. The lowest BCUT2D eigenvalue weighted by Crippen LogP contribution is -2.18. The van der Waals surface area contributed by atoms with E-state index in [0.29, 0.717) is 34.6 Å². The smallest absolute Gasteiger partial charge is 0.286 e. The number of halogens is 1. The Morgan fingerprint density at radius 2 is 1.70 bits per heavy atom. The van der Waals surface area contributed by atoms with E-state index in [-0.39, 0.29) is 23.6 Å². The van der Waals surface area contributed by atoms with E-state index in [0.717, 1.165) is 0 Å². The van der Waals surface area contributed by atoms with Gasteiger partial charge in [-0.1, -0.05) is 23.7 Å². The number of carbonyl (C=O) groups excluding carboxylic acids is 1. The fourth-order valence-corrected chi connectivity index (χ4v) is 3.04. The van der Waals surface area contributed by atoms with Crippen LogP contribution in [0.4, 0.5) is 11.4 Å². The van der Waals surface area contributed by atoms with Crippen molar-refractivity contribution in [2.75, 3.05) is 18.5 Å². The minimum atomic E-state index is -0.640. The van der Waals surface area contributed by atoms with Crippen molar-refractivity contribution in [3.63, 3.8) is 0 Å². The largest absolute Gasteiger partial charge is 0.486 e. The molecule has 0 spiro atoms. The summed E-state index contributed by atoms with van der Waals surface area (Å²) in [7, 11) is 0. The van der Waals surface area contributed by atoms with E-state index in [4.69, 9.17) is 25.8 Å². The lowest BCUT2D eigenvalue weighted by atomic mass is 10.1. The Morgan fingerprint density at radius 3 is 2.37 bits per heavy atom. The van der Waals surface area contributed by atoms with Crippen molar-refractivity contribution in [1.29, 1.82) is 0 Å². The van der Waals surface area contributed by atoms with Crippen LogP contribution in [0.2, 0.25) is 5.02 Å². The topological polar surface area (TPSA) is 99.9 Å². The number of carbonyl (C=O) groups is 1. The van der Waals surface area contributed by atoms with Crippen LogP contribution >= 0.6 is 11.6 Å². The van der Waals surface area contributed by atoms with Gasteiger partial charge in [0.15, 0.2) is 11.5 Å². The number of ether oxygens (including phenoxy) is 3. The molecule has 3 aromatic carbocycles. The third-order valence-corrected chi connectivity index (χ3v) is 4.59. The SMILES string of the molecule is O=C(Nc1ccc(Oc2ccccc2Cl)cc1)c1cc2c(cc1[N+](=O)[O-])OCCO2. The van der Waals surface area contributed by atoms with Gasteiger partial charge in [0.05, 0.1) is 16.0 Å². The number of nitrogens with one attached hydrogen (secondary N) is 1. The predicted molar refractivity (Wildman–Crippen MR) is 110 cm³/mol. The summed E-state index contributed by atoms with van der Waals surface area (Å²) in [6, 6.07) is 16.1. The molecule has 30 heavy (non-hydrogen) atoms. The highest BCUT2D eigenvalue weighted by molar-refractivity contribution is 6.32. The first-order chi connectivity index (χ1) is 14.5. The Morgan fingerprint density at radius 1 is 1.03 bits per heavy atom. The number of nitrogens with zero attached hydrogens (tertiary/aromatic N) is 1. The molecule has 3 aromatic rings. The molecule has 8 nitrogen and oxygen atoms in total. The minimum absolute atomic E-state index is 0.124. The van der Waals surface area contributed by atoms with Gasteiger partial charge in [0, 0.05) is 11.8 Å². The Bertz CT molecular complexity index is 1120. The monoisotopic (exact) mass is 426 g/mol. The Balaban J connectivity index is 1.53. The average Bonchev–Trinajstić information content (AvgIpc) is 2.75. The maximum atomic E-state index is 12.7. The zero-order chi connectivity index (χ0) is 21.1. The summed E-state index contributed by atoms with van der Waals surface area (Å²) in [5.74, 6) is 0.916. The van der Waals surface area contributed by atoms with Crippen LogP contribution in [0.3, 0.4) is 0 Å². The number of anilines is 1. The molecule has 0 saturated heterocycles. The maximum Gasteiger partial charge on any atom is 0.286 e. The number of rotatable bonds is 5. The van der Waals surface area contributed by atoms with Crippen LogP contribution < -0.4 is 19.5 Å². The molecular weight excluding hydrogens is 412 g/mol. The summed E-state index contributed by atoms with van der Waals surface area (Å²) in [6.07, 6.45) is 0. The molecule has 152 valence electrons. The number of para-hydroxylation sites is 1. The van der Waals surface area contributed by atoms with Gasteiger partial charge in [0.2, 0.25) is 0 Å². The van der Waals surface area contributed by atoms with Crippen molar-refractivity contribution in [1.82, 2.24) is 0 Å². The summed E-state index contributed by atoms with van der Waals surface area (Å²) in [4.78, 5) is 23.5. The van der Waals surface area contributed by atoms with Crippen LogP contribution in [-0.2, 0) is 0 Å². The highest BCUT2D eigenvalue weighted by Crippen LogP contribution is 2.37. The first-order valence-corrected chi connectivity index (χ1v) is 9.31. The molecule has 1 N–H and O–H groups in total. The van der Waals surface area contributed by atoms with Crippen molar-refractivity contribution in [2.24, 2.45) is 0 Å². The quantitative estimate of drug-likeness (QED) is 0.452. The van der Waals surface area contributed by atoms with Gasteiger partial charge in [-0.2, -0.15) is 0 Å². The lowest BCUT2D eigenvalue weighted by Gasteiger charge is -2.18. The van der Waals surface area contributed by atoms with E-state index in [1.807, 2.05) is 0 Å². The van der Waals surface area contributed by atoms with Crippen LogP contribution in [0.5, 0.6) is 23.0 Å². The van der Waals surface area contributed by atoms with Gasteiger partial charge in [0.1, 0.15) is 30.3 Å². The minimum Gasteiger partial charge on any atom is -0.486 e. The van der Waals surface area contributed by atoms with Gasteiger partial charge >= 0.3 is 0 Å². The summed E-state index contributed by atoms with van der Waals surface area (Å²) in [5.41, 5.74) is -0.0493. The standard InChI is InChI=1S/C21H15ClN2O6/c22-16-3-1-2-4-18(16)30-14-7-5-13(6-8-14)23-21(25)15-11-19-20(29-10-9-28-19)12-17(15)24(26)27/h1-8,11-12H,9-10H2,(H,23,25). The number of nitro groups is 1. The van der Waals surface area contributed by atoms with Gasteiger partial charge in [0.25, 0.3) is 11.6 Å². The van der Waals surface area contributed by atoms with Crippen molar-refractivity contribution in [3.05, 3.63) is 81.4 Å². The molecule has 1 aliphatic heterocycles. The second-order valence-electron chi connectivity index (χ2n) is 6.28. The molecule has 1 heterocycles. The molecule has 1 aliphatic rings. The summed E-state index contributed by atoms with van der Waals surface area (Å²) < 4.78 is 16.5. The van der Waals surface area contributed by atoms with Crippen molar-refractivity contribution >= 4 is 28.9 Å².